The Labute approximate surface area is 155 Å². The largest absolute Gasteiger partial charge is 0.346 e. The quantitative estimate of drug-likeness (QED) is 0.668. The number of carbonyl (C=O) groups is 1. The molecule has 0 saturated heterocycles. The maximum absolute atomic E-state index is 11.8. The molecule has 0 aliphatic heterocycles. The summed E-state index contributed by atoms with van der Waals surface area (Å²) < 4.78 is 2.26. The molecule has 0 spiro atoms. The van der Waals surface area contributed by atoms with Gasteiger partial charge in [-0.15, -0.1) is 0 Å². The van der Waals surface area contributed by atoms with E-state index in [-0.39, 0.29) is 11.9 Å². The fourth-order valence-corrected chi connectivity index (χ4v) is 3.40. The van der Waals surface area contributed by atoms with Crippen molar-refractivity contribution in [1.29, 1.82) is 0 Å². The van der Waals surface area contributed by atoms with Crippen LogP contribution in [0.2, 0.25) is 0 Å². The van der Waals surface area contributed by atoms with Crippen LogP contribution in [0.15, 0.2) is 48.5 Å². The van der Waals surface area contributed by atoms with Crippen LogP contribution in [0, 0.1) is 6.92 Å². The number of hydrogen-bond acceptors (Lipinski definition) is 2. The third kappa shape index (κ3) is 3.96. The Morgan fingerprint density at radius 1 is 1.15 bits per heavy atom. The van der Waals surface area contributed by atoms with Crippen molar-refractivity contribution in [3.05, 3.63) is 65.5 Å². The van der Waals surface area contributed by atoms with Gasteiger partial charge in [-0.2, -0.15) is 0 Å². The normalized spacial score (nSPS) is 12.3. The second-order valence-electron chi connectivity index (χ2n) is 6.87. The molecule has 0 bridgehead atoms. The molecule has 4 heteroatoms. The first-order valence-corrected chi connectivity index (χ1v) is 9.37. The highest BCUT2D eigenvalue weighted by molar-refractivity contribution is 5.77. The molecule has 2 aromatic carbocycles. The van der Waals surface area contributed by atoms with Crippen LogP contribution in [0.4, 0.5) is 0 Å². The predicted molar refractivity (Wildman–Crippen MR) is 106 cm³/mol. The topological polar surface area (TPSA) is 46.9 Å². The van der Waals surface area contributed by atoms with Gasteiger partial charge in [-0.05, 0) is 36.6 Å². The Hall–Kier alpha value is -2.62. The third-order valence-electron chi connectivity index (χ3n) is 4.81. The smallest absolute Gasteiger partial charge is 0.217 e. The number of hydrogen-bond donors (Lipinski definition) is 1. The molecule has 136 valence electrons. The van der Waals surface area contributed by atoms with E-state index in [1.54, 1.807) is 6.92 Å². The molecule has 1 heterocycles. The van der Waals surface area contributed by atoms with Gasteiger partial charge in [0.1, 0.15) is 5.82 Å². The van der Waals surface area contributed by atoms with Crippen molar-refractivity contribution in [2.45, 2.75) is 52.6 Å². The van der Waals surface area contributed by atoms with Gasteiger partial charge in [-0.25, -0.2) is 4.98 Å². The van der Waals surface area contributed by atoms with Crippen molar-refractivity contribution in [2.75, 3.05) is 0 Å². The van der Waals surface area contributed by atoms with E-state index in [9.17, 15) is 4.79 Å². The SMILES string of the molecule is CCCC[C@H](NC(C)=O)c1nc2ccccc2n1Cc1ccccc1C. The number of nitrogens with zero attached hydrogens (tertiary/aromatic N) is 2. The zero-order valence-corrected chi connectivity index (χ0v) is 15.8. The number of fused-ring (bicyclic) bond motifs is 1. The molecular weight excluding hydrogens is 322 g/mol. The first kappa shape index (κ1) is 18.2. The molecule has 26 heavy (non-hydrogen) atoms. The molecule has 0 unspecified atom stereocenters. The van der Waals surface area contributed by atoms with Crippen molar-refractivity contribution in [3.8, 4) is 0 Å². The minimum Gasteiger partial charge on any atom is -0.346 e. The molecule has 3 aromatic rings. The van der Waals surface area contributed by atoms with Crippen LogP contribution in [-0.4, -0.2) is 15.5 Å². The predicted octanol–water partition coefficient (Wildman–Crippen LogP) is 4.76. The number of imidazole rings is 1. The maximum Gasteiger partial charge on any atom is 0.217 e. The summed E-state index contributed by atoms with van der Waals surface area (Å²) in [7, 11) is 0. The van der Waals surface area contributed by atoms with Gasteiger partial charge in [0.05, 0.1) is 17.1 Å². The van der Waals surface area contributed by atoms with E-state index in [2.05, 4.69) is 54.1 Å². The van der Waals surface area contributed by atoms with Crippen molar-refractivity contribution in [1.82, 2.24) is 14.9 Å². The van der Waals surface area contributed by atoms with Crippen LogP contribution in [-0.2, 0) is 11.3 Å². The molecule has 0 aliphatic rings. The number of unbranched alkanes of at least 4 members (excludes halogenated alkanes) is 1. The van der Waals surface area contributed by atoms with Crippen LogP contribution < -0.4 is 5.32 Å². The highest BCUT2D eigenvalue weighted by Crippen LogP contribution is 2.26. The number of carbonyl (C=O) groups excluding carboxylic acids is 1. The van der Waals surface area contributed by atoms with E-state index in [1.165, 1.54) is 11.1 Å². The van der Waals surface area contributed by atoms with E-state index < -0.39 is 0 Å². The molecule has 1 atom stereocenters. The Morgan fingerprint density at radius 2 is 1.88 bits per heavy atom. The molecule has 1 amide bonds. The second kappa shape index (κ2) is 8.17. The number of aryl methyl sites for hydroxylation is 1. The lowest BCUT2D eigenvalue weighted by molar-refractivity contribution is -0.119. The van der Waals surface area contributed by atoms with Crippen LogP contribution in [0.5, 0.6) is 0 Å². The van der Waals surface area contributed by atoms with Crippen LogP contribution in [0.1, 0.15) is 56.1 Å². The number of rotatable bonds is 7. The average molecular weight is 349 g/mol. The molecule has 1 aromatic heterocycles. The summed E-state index contributed by atoms with van der Waals surface area (Å²) in [5, 5.41) is 3.11. The van der Waals surface area contributed by atoms with Crippen LogP contribution in [0.3, 0.4) is 0 Å². The Kier molecular flexibility index (Phi) is 5.71. The number of benzene rings is 2. The molecule has 1 N–H and O–H groups in total. The molecule has 0 radical (unpaired) electrons. The summed E-state index contributed by atoms with van der Waals surface area (Å²) in [4.78, 5) is 16.7. The van der Waals surface area contributed by atoms with E-state index in [0.717, 1.165) is 42.7 Å². The molecule has 0 aliphatic carbocycles. The van der Waals surface area contributed by atoms with E-state index in [4.69, 9.17) is 4.98 Å². The second-order valence-corrected chi connectivity index (χ2v) is 6.87. The van der Waals surface area contributed by atoms with Crippen LogP contribution >= 0.6 is 0 Å². The Morgan fingerprint density at radius 3 is 2.62 bits per heavy atom. The fourth-order valence-electron chi connectivity index (χ4n) is 3.40. The number of aromatic nitrogens is 2. The zero-order valence-electron chi connectivity index (χ0n) is 15.8. The minimum atomic E-state index is -0.0659. The molecule has 3 rings (SSSR count). The summed E-state index contributed by atoms with van der Waals surface area (Å²) in [6.07, 6.45) is 3.04. The summed E-state index contributed by atoms with van der Waals surface area (Å²) in [5.41, 5.74) is 4.62. The first-order chi connectivity index (χ1) is 12.6. The first-order valence-electron chi connectivity index (χ1n) is 9.37. The van der Waals surface area contributed by atoms with Crippen molar-refractivity contribution in [2.24, 2.45) is 0 Å². The van der Waals surface area contributed by atoms with Gasteiger partial charge < -0.3 is 9.88 Å². The van der Waals surface area contributed by atoms with Gasteiger partial charge in [0.25, 0.3) is 0 Å². The summed E-state index contributed by atoms with van der Waals surface area (Å²) in [5.74, 6) is 0.929. The standard InChI is InChI=1S/C22H27N3O/c1-4-5-12-20(23-17(3)26)22-24-19-13-8-9-14-21(19)25(22)15-18-11-7-6-10-16(18)2/h6-11,13-14,20H,4-5,12,15H2,1-3H3,(H,23,26)/t20-/m0/s1. The minimum absolute atomic E-state index is 0.0133. The highest BCUT2D eigenvalue weighted by atomic mass is 16.1. The Bertz CT molecular complexity index is 897. The Balaban J connectivity index is 2.08. The van der Waals surface area contributed by atoms with E-state index in [0.29, 0.717) is 0 Å². The maximum atomic E-state index is 11.8. The monoisotopic (exact) mass is 349 g/mol. The van der Waals surface area contributed by atoms with Gasteiger partial charge in [-0.3, -0.25) is 4.79 Å². The lowest BCUT2D eigenvalue weighted by atomic mass is 10.1. The highest BCUT2D eigenvalue weighted by Gasteiger charge is 2.21. The molecular formula is C22H27N3O. The zero-order chi connectivity index (χ0) is 18.5. The van der Waals surface area contributed by atoms with Crippen LogP contribution in [0.25, 0.3) is 11.0 Å². The van der Waals surface area contributed by atoms with Crippen molar-refractivity contribution >= 4 is 16.9 Å². The molecule has 0 saturated carbocycles. The van der Waals surface area contributed by atoms with Gasteiger partial charge in [0, 0.05) is 13.5 Å². The van der Waals surface area contributed by atoms with Crippen molar-refractivity contribution < 1.29 is 4.79 Å². The molecule has 0 fully saturated rings. The summed E-state index contributed by atoms with van der Waals surface area (Å²) in [6.45, 7) is 6.63. The van der Waals surface area contributed by atoms with Crippen molar-refractivity contribution in [3.63, 3.8) is 0 Å². The molecule has 4 nitrogen and oxygen atoms in total. The lowest BCUT2D eigenvalue weighted by Crippen LogP contribution is -2.28. The fraction of sp³-hybridized carbons (Fsp3) is 0.364. The lowest BCUT2D eigenvalue weighted by Gasteiger charge is -2.20. The van der Waals surface area contributed by atoms with E-state index >= 15 is 0 Å². The summed E-state index contributed by atoms with van der Waals surface area (Å²) >= 11 is 0. The summed E-state index contributed by atoms with van der Waals surface area (Å²) in [6, 6.07) is 16.6. The van der Waals surface area contributed by atoms with Gasteiger partial charge in [-0.1, -0.05) is 56.2 Å². The number of nitrogens with one attached hydrogen (secondary N) is 1. The van der Waals surface area contributed by atoms with Gasteiger partial charge >= 0.3 is 0 Å². The van der Waals surface area contributed by atoms with Gasteiger partial charge in [0.2, 0.25) is 5.91 Å². The third-order valence-corrected chi connectivity index (χ3v) is 4.81. The average Bonchev–Trinajstić information content (AvgIpc) is 2.99. The van der Waals surface area contributed by atoms with E-state index in [1.807, 2.05) is 18.2 Å². The number of amides is 1. The number of para-hydroxylation sites is 2. The van der Waals surface area contributed by atoms with Gasteiger partial charge in [0.15, 0.2) is 0 Å².